The molecule has 0 fully saturated rings. The molecule has 1 aromatic carbocycles. The van der Waals surface area contributed by atoms with Gasteiger partial charge in [0.05, 0.1) is 5.56 Å². The summed E-state index contributed by atoms with van der Waals surface area (Å²) in [4.78, 5) is 18.9. The van der Waals surface area contributed by atoms with Crippen LogP contribution in [-0.4, -0.2) is 47.8 Å². The van der Waals surface area contributed by atoms with Crippen LogP contribution in [0.15, 0.2) is 47.6 Å². The van der Waals surface area contributed by atoms with Crippen LogP contribution in [-0.2, 0) is 6.54 Å². The van der Waals surface area contributed by atoms with Gasteiger partial charge >= 0.3 is 0 Å². The van der Waals surface area contributed by atoms with Gasteiger partial charge in [-0.05, 0) is 31.4 Å². The van der Waals surface area contributed by atoms with Crippen LogP contribution in [0.25, 0.3) is 0 Å². The molecular weight excluding hydrogens is 334 g/mol. The molecule has 1 aliphatic rings. The van der Waals surface area contributed by atoms with E-state index in [-0.39, 0.29) is 12.0 Å². The second-order valence-corrected chi connectivity index (χ2v) is 6.88. The number of ether oxygens (including phenoxy) is 1. The lowest BCUT2D eigenvalue weighted by atomic mass is 10.2. The summed E-state index contributed by atoms with van der Waals surface area (Å²) < 4.78 is 5.97. The van der Waals surface area contributed by atoms with Crippen LogP contribution >= 0.6 is 11.8 Å². The van der Waals surface area contributed by atoms with E-state index < -0.39 is 0 Å². The minimum absolute atomic E-state index is 0.0722. The van der Waals surface area contributed by atoms with Crippen LogP contribution in [0.2, 0.25) is 0 Å². The van der Waals surface area contributed by atoms with E-state index in [4.69, 9.17) is 4.74 Å². The van der Waals surface area contributed by atoms with Crippen LogP contribution in [0.3, 0.4) is 0 Å². The molecule has 0 radical (unpaired) electrons. The van der Waals surface area contributed by atoms with Gasteiger partial charge in [-0.15, -0.1) is 11.8 Å². The molecule has 3 rings (SSSR count). The molecule has 0 saturated heterocycles. The standard InChI is InChI=1S/C19H23N3O2S/c1-14-12-22(13-15-6-3-4-8-17(15)24-14)11-10-20-18(23)16-7-5-9-21-19(16)25-2/h3-9,14H,10-13H2,1-2H3,(H,20,23). The molecule has 1 unspecified atom stereocenters. The van der Waals surface area contributed by atoms with E-state index in [2.05, 4.69) is 28.2 Å². The molecule has 132 valence electrons. The highest BCUT2D eigenvalue weighted by Gasteiger charge is 2.19. The zero-order valence-corrected chi connectivity index (χ0v) is 15.4. The summed E-state index contributed by atoms with van der Waals surface area (Å²) in [5, 5.41) is 3.76. The SMILES string of the molecule is CSc1ncccc1C(=O)NCCN1Cc2ccccc2OC(C)C1. The highest BCUT2D eigenvalue weighted by molar-refractivity contribution is 7.98. The quantitative estimate of drug-likeness (QED) is 0.834. The number of pyridine rings is 1. The number of rotatable bonds is 5. The predicted octanol–water partition coefficient (Wildman–Crippen LogP) is 2.82. The lowest BCUT2D eigenvalue weighted by molar-refractivity contribution is 0.0941. The second kappa shape index (κ2) is 8.36. The van der Waals surface area contributed by atoms with E-state index in [1.165, 1.54) is 17.3 Å². The molecule has 5 nitrogen and oxygen atoms in total. The summed E-state index contributed by atoms with van der Waals surface area (Å²) in [7, 11) is 0. The molecule has 1 atom stereocenters. The van der Waals surface area contributed by atoms with Crippen LogP contribution < -0.4 is 10.1 Å². The first-order valence-electron chi connectivity index (χ1n) is 8.41. The Morgan fingerprint density at radius 3 is 3.04 bits per heavy atom. The summed E-state index contributed by atoms with van der Waals surface area (Å²) in [6.45, 7) is 5.12. The minimum atomic E-state index is -0.0722. The number of carbonyl (C=O) groups is 1. The fourth-order valence-electron chi connectivity index (χ4n) is 2.99. The van der Waals surface area contributed by atoms with Crippen LogP contribution in [0.1, 0.15) is 22.8 Å². The molecule has 2 aromatic rings. The number of para-hydroxylation sites is 1. The van der Waals surface area contributed by atoms with Crippen molar-refractivity contribution in [1.82, 2.24) is 15.2 Å². The Bertz CT molecular complexity index is 738. The summed E-state index contributed by atoms with van der Waals surface area (Å²) in [6, 6.07) is 11.7. The van der Waals surface area contributed by atoms with Crippen molar-refractivity contribution in [2.24, 2.45) is 0 Å². The van der Waals surface area contributed by atoms with E-state index in [9.17, 15) is 4.79 Å². The lowest BCUT2D eigenvalue weighted by Crippen LogP contribution is -2.38. The van der Waals surface area contributed by atoms with Gasteiger partial charge in [0.1, 0.15) is 16.9 Å². The molecule has 0 bridgehead atoms. The van der Waals surface area contributed by atoms with Gasteiger partial charge in [0, 0.05) is 37.9 Å². The average Bonchev–Trinajstić information content (AvgIpc) is 2.78. The smallest absolute Gasteiger partial charge is 0.254 e. The Hall–Kier alpha value is -2.05. The number of fused-ring (bicyclic) bond motifs is 1. The van der Waals surface area contributed by atoms with Gasteiger partial charge in [-0.1, -0.05) is 18.2 Å². The summed E-state index contributed by atoms with van der Waals surface area (Å²) >= 11 is 1.48. The van der Waals surface area contributed by atoms with E-state index in [0.29, 0.717) is 12.1 Å². The highest BCUT2D eigenvalue weighted by Crippen LogP contribution is 2.24. The van der Waals surface area contributed by atoms with Gasteiger partial charge in [-0.25, -0.2) is 4.98 Å². The number of nitrogens with zero attached hydrogens (tertiary/aromatic N) is 2. The summed E-state index contributed by atoms with van der Waals surface area (Å²) in [5.41, 5.74) is 1.82. The van der Waals surface area contributed by atoms with Crippen LogP contribution in [0.4, 0.5) is 0 Å². The van der Waals surface area contributed by atoms with Gasteiger partial charge < -0.3 is 10.1 Å². The number of thioether (sulfide) groups is 1. The Balaban J connectivity index is 1.57. The number of carbonyl (C=O) groups excluding carboxylic acids is 1. The van der Waals surface area contributed by atoms with Gasteiger partial charge in [0.2, 0.25) is 0 Å². The number of hydrogen-bond acceptors (Lipinski definition) is 5. The molecule has 0 saturated carbocycles. The molecule has 25 heavy (non-hydrogen) atoms. The Morgan fingerprint density at radius 1 is 1.36 bits per heavy atom. The minimum Gasteiger partial charge on any atom is -0.489 e. The zero-order valence-electron chi connectivity index (χ0n) is 14.6. The first-order chi connectivity index (χ1) is 12.2. The van der Waals surface area contributed by atoms with Crippen molar-refractivity contribution in [2.45, 2.75) is 24.6 Å². The van der Waals surface area contributed by atoms with Gasteiger partial charge in [-0.3, -0.25) is 9.69 Å². The highest BCUT2D eigenvalue weighted by atomic mass is 32.2. The zero-order chi connectivity index (χ0) is 17.6. The van der Waals surface area contributed by atoms with Gasteiger partial charge in [-0.2, -0.15) is 0 Å². The van der Waals surface area contributed by atoms with E-state index in [0.717, 1.165) is 30.4 Å². The number of aromatic nitrogens is 1. The summed E-state index contributed by atoms with van der Waals surface area (Å²) in [5.74, 6) is 0.887. The van der Waals surface area contributed by atoms with E-state index in [1.54, 1.807) is 12.3 Å². The monoisotopic (exact) mass is 357 g/mol. The van der Waals surface area contributed by atoms with Crippen molar-refractivity contribution < 1.29 is 9.53 Å². The topological polar surface area (TPSA) is 54.5 Å². The first-order valence-corrected chi connectivity index (χ1v) is 9.64. The third-order valence-electron chi connectivity index (χ3n) is 4.13. The Labute approximate surface area is 152 Å². The maximum Gasteiger partial charge on any atom is 0.254 e. The van der Waals surface area contributed by atoms with Gasteiger partial charge in [0.15, 0.2) is 0 Å². The fourth-order valence-corrected chi connectivity index (χ4v) is 3.54. The molecular formula is C19H23N3O2S. The molecule has 1 aromatic heterocycles. The summed E-state index contributed by atoms with van der Waals surface area (Å²) in [6.07, 6.45) is 3.76. The van der Waals surface area contributed by atoms with Gasteiger partial charge in [0.25, 0.3) is 5.91 Å². The van der Waals surface area contributed by atoms with Crippen molar-refractivity contribution in [3.63, 3.8) is 0 Å². The van der Waals surface area contributed by atoms with Crippen molar-refractivity contribution in [2.75, 3.05) is 25.9 Å². The molecule has 1 amide bonds. The van der Waals surface area contributed by atoms with E-state index >= 15 is 0 Å². The number of nitrogens with one attached hydrogen (secondary N) is 1. The van der Waals surface area contributed by atoms with Crippen molar-refractivity contribution in [1.29, 1.82) is 0 Å². The number of amides is 1. The molecule has 6 heteroatoms. The Morgan fingerprint density at radius 2 is 2.20 bits per heavy atom. The number of benzene rings is 1. The van der Waals surface area contributed by atoms with Crippen LogP contribution in [0.5, 0.6) is 5.75 Å². The van der Waals surface area contributed by atoms with Crippen molar-refractivity contribution >= 4 is 17.7 Å². The van der Waals surface area contributed by atoms with Crippen molar-refractivity contribution in [3.8, 4) is 5.75 Å². The average molecular weight is 357 g/mol. The molecule has 0 spiro atoms. The second-order valence-electron chi connectivity index (χ2n) is 6.09. The predicted molar refractivity (Wildman–Crippen MR) is 100 cm³/mol. The molecule has 1 aliphatic heterocycles. The van der Waals surface area contributed by atoms with E-state index in [1.807, 2.05) is 30.5 Å². The maximum absolute atomic E-state index is 12.4. The van der Waals surface area contributed by atoms with Crippen molar-refractivity contribution in [3.05, 3.63) is 53.7 Å². The third-order valence-corrected chi connectivity index (χ3v) is 4.84. The third kappa shape index (κ3) is 4.52. The molecule has 1 N–H and O–H groups in total. The normalized spacial score (nSPS) is 17.3. The molecule has 2 heterocycles. The molecule has 0 aliphatic carbocycles. The first kappa shape index (κ1) is 17.8. The maximum atomic E-state index is 12.4. The van der Waals surface area contributed by atoms with Crippen LogP contribution in [0, 0.1) is 0 Å². The lowest BCUT2D eigenvalue weighted by Gasteiger charge is -2.22. The Kier molecular flexibility index (Phi) is 5.94. The number of hydrogen-bond donors (Lipinski definition) is 1. The fraction of sp³-hybridized carbons (Fsp3) is 0.368. The largest absolute Gasteiger partial charge is 0.489 e.